The van der Waals surface area contributed by atoms with E-state index in [0.29, 0.717) is 22.5 Å². The molecule has 0 aliphatic rings. The Kier molecular flexibility index (Phi) is 5.04. The van der Waals surface area contributed by atoms with E-state index in [4.69, 9.17) is 20.8 Å². The molecule has 0 saturated heterocycles. The van der Waals surface area contributed by atoms with Crippen molar-refractivity contribution in [3.05, 3.63) is 75.1 Å². The summed E-state index contributed by atoms with van der Waals surface area (Å²) in [4.78, 5) is 36.0. The number of amides is 1. The van der Waals surface area contributed by atoms with Crippen LogP contribution in [0.4, 0.5) is 0 Å². The molecule has 0 spiro atoms. The van der Waals surface area contributed by atoms with Gasteiger partial charge in [0.2, 0.25) is 0 Å². The zero-order chi connectivity index (χ0) is 18.7. The SMILES string of the molecule is CCNC(=O)c1cc2ccc(OC(=O)c3cccc(Cl)c3)cc2oc1=O. The van der Waals surface area contributed by atoms with Crippen LogP contribution in [0.2, 0.25) is 5.02 Å². The minimum atomic E-state index is -0.762. The van der Waals surface area contributed by atoms with E-state index < -0.39 is 17.5 Å². The maximum Gasteiger partial charge on any atom is 0.349 e. The molecule has 0 aliphatic heterocycles. The molecule has 1 aromatic heterocycles. The highest BCUT2D eigenvalue weighted by molar-refractivity contribution is 6.30. The van der Waals surface area contributed by atoms with Gasteiger partial charge in [0.1, 0.15) is 16.9 Å². The van der Waals surface area contributed by atoms with E-state index in [1.807, 2.05) is 0 Å². The summed E-state index contributed by atoms with van der Waals surface area (Å²) in [7, 11) is 0. The quantitative estimate of drug-likeness (QED) is 0.431. The number of hydrogen-bond donors (Lipinski definition) is 1. The molecule has 0 fully saturated rings. The molecule has 0 radical (unpaired) electrons. The lowest BCUT2D eigenvalue weighted by Crippen LogP contribution is -2.27. The minimum absolute atomic E-state index is 0.0805. The van der Waals surface area contributed by atoms with Gasteiger partial charge in [0, 0.05) is 23.0 Å². The standard InChI is InChI=1S/C19H14ClNO5/c1-2-21-17(22)15-9-11-6-7-14(10-16(11)26-19(15)24)25-18(23)12-4-3-5-13(20)8-12/h3-10H,2H2,1H3,(H,21,22). The van der Waals surface area contributed by atoms with Gasteiger partial charge in [-0.3, -0.25) is 4.79 Å². The number of nitrogens with one attached hydrogen (secondary N) is 1. The fourth-order valence-electron chi connectivity index (χ4n) is 2.35. The summed E-state index contributed by atoms with van der Waals surface area (Å²) in [5.41, 5.74) is -0.338. The van der Waals surface area contributed by atoms with Gasteiger partial charge >= 0.3 is 11.6 Å². The first-order chi connectivity index (χ1) is 12.5. The van der Waals surface area contributed by atoms with Gasteiger partial charge in [-0.25, -0.2) is 9.59 Å². The van der Waals surface area contributed by atoms with Gasteiger partial charge in [0.05, 0.1) is 5.56 Å². The van der Waals surface area contributed by atoms with E-state index >= 15 is 0 Å². The van der Waals surface area contributed by atoms with E-state index in [1.165, 1.54) is 18.2 Å². The third kappa shape index (κ3) is 3.75. The second-order valence-electron chi connectivity index (χ2n) is 5.41. The van der Waals surface area contributed by atoms with E-state index in [2.05, 4.69) is 5.32 Å². The Hall–Kier alpha value is -3.12. The maximum atomic E-state index is 12.2. The smallest absolute Gasteiger partial charge is 0.349 e. The summed E-state index contributed by atoms with van der Waals surface area (Å²) < 4.78 is 10.5. The molecule has 0 saturated carbocycles. The van der Waals surface area contributed by atoms with Crippen LogP contribution in [-0.2, 0) is 0 Å². The molecule has 1 amide bonds. The molecular formula is C19H14ClNO5. The van der Waals surface area contributed by atoms with E-state index in [9.17, 15) is 14.4 Å². The molecular weight excluding hydrogens is 358 g/mol. The van der Waals surface area contributed by atoms with Crippen molar-refractivity contribution in [2.45, 2.75) is 6.92 Å². The summed E-state index contributed by atoms with van der Waals surface area (Å²) in [5, 5.41) is 3.50. The van der Waals surface area contributed by atoms with Crippen molar-refractivity contribution in [3.63, 3.8) is 0 Å². The number of halogens is 1. The zero-order valence-corrected chi connectivity index (χ0v) is 14.5. The summed E-state index contributed by atoms with van der Waals surface area (Å²) in [6.45, 7) is 2.15. The number of carbonyl (C=O) groups excluding carboxylic acids is 2. The van der Waals surface area contributed by atoms with E-state index in [1.54, 1.807) is 37.3 Å². The molecule has 6 nitrogen and oxygen atoms in total. The Morgan fingerprint density at radius 1 is 1.15 bits per heavy atom. The second-order valence-corrected chi connectivity index (χ2v) is 5.84. The first-order valence-corrected chi connectivity index (χ1v) is 8.19. The molecule has 7 heteroatoms. The topological polar surface area (TPSA) is 85.6 Å². The molecule has 132 valence electrons. The molecule has 3 aromatic rings. The fraction of sp³-hybridized carbons (Fsp3) is 0.105. The van der Waals surface area contributed by atoms with Crippen LogP contribution in [0.5, 0.6) is 5.75 Å². The van der Waals surface area contributed by atoms with Crippen LogP contribution in [0.15, 0.2) is 57.7 Å². The fourth-order valence-corrected chi connectivity index (χ4v) is 2.54. The van der Waals surface area contributed by atoms with Crippen molar-refractivity contribution in [3.8, 4) is 5.75 Å². The third-order valence-corrected chi connectivity index (χ3v) is 3.80. The Morgan fingerprint density at radius 2 is 1.96 bits per heavy atom. The minimum Gasteiger partial charge on any atom is -0.423 e. The van der Waals surface area contributed by atoms with Crippen molar-refractivity contribution in [2.24, 2.45) is 0 Å². The number of rotatable bonds is 4. The molecule has 2 aromatic carbocycles. The van der Waals surface area contributed by atoms with Gasteiger partial charge in [0.15, 0.2) is 0 Å². The lowest BCUT2D eigenvalue weighted by molar-refractivity contribution is 0.0734. The molecule has 0 bridgehead atoms. The number of ether oxygens (including phenoxy) is 1. The average Bonchev–Trinajstić information content (AvgIpc) is 2.61. The molecule has 3 rings (SSSR count). The lowest BCUT2D eigenvalue weighted by Gasteiger charge is -2.06. The summed E-state index contributed by atoms with van der Waals surface area (Å²) >= 11 is 5.86. The number of benzene rings is 2. The van der Waals surface area contributed by atoms with Gasteiger partial charge in [-0.1, -0.05) is 17.7 Å². The normalized spacial score (nSPS) is 10.5. The van der Waals surface area contributed by atoms with Crippen LogP contribution >= 0.6 is 11.6 Å². The zero-order valence-electron chi connectivity index (χ0n) is 13.7. The summed E-state index contributed by atoms with van der Waals surface area (Å²) in [6, 6.07) is 12.4. The van der Waals surface area contributed by atoms with Gasteiger partial charge in [0.25, 0.3) is 5.91 Å². The lowest BCUT2D eigenvalue weighted by atomic mass is 10.1. The Labute approximate surface area is 153 Å². The molecule has 0 atom stereocenters. The Balaban J connectivity index is 1.90. The number of carbonyl (C=O) groups is 2. The van der Waals surface area contributed by atoms with Crippen molar-refractivity contribution < 1.29 is 18.7 Å². The van der Waals surface area contributed by atoms with Crippen LogP contribution in [0, 0.1) is 0 Å². The van der Waals surface area contributed by atoms with E-state index in [-0.39, 0.29) is 16.9 Å². The van der Waals surface area contributed by atoms with Crippen LogP contribution in [0.25, 0.3) is 11.0 Å². The summed E-state index contributed by atoms with van der Waals surface area (Å²) in [5.74, 6) is -0.885. The van der Waals surface area contributed by atoms with Gasteiger partial charge in [-0.15, -0.1) is 0 Å². The average molecular weight is 372 g/mol. The molecule has 26 heavy (non-hydrogen) atoms. The van der Waals surface area contributed by atoms with Crippen LogP contribution in [0.1, 0.15) is 27.6 Å². The van der Waals surface area contributed by atoms with Crippen molar-refractivity contribution in [1.82, 2.24) is 5.32 Å². The highest BCUT2D eigenvalue weighted by Crippen LogP contribution is 2.22. The Bertz CT molecular complexity index is 1060. The van der Waals surface area contributed by atoms with Gasteiger partial charge in [-0.2, -0.15) is 0 Å². The molecule has 1 heterocycles. The van der Waals surface area contributed by atoms with Crippen molar-refractivity contribution in [1.29, 1.82) is 0 Å². The van der Waals surface area contributed by atoms with E-state index in [0.717, 1.165) is 0 Å². The Morgan fingerprint density at radius 3 is 2.69 bits per heavy atom. The maximum absolute atomic E-state index is 12.2. The molecule has 0 aliphatic carbocycles. The van der Waals surface area contributed by atoms with Gasteiger partial charge in [-0.05, 0) is 43.3 Å². The van der Waals surface area contributed by atoms with Crippen molar-refractivity contribution in [2.75, 3.05) is 6.54 Å². The monoisotopic (exact) mass is 371 g/mol. The predicted octanol–water partition coefficient (Wildman–Crippen LogP) is 3.42. The number of esters is 1. The molecule has 1 N–H and O–H groups in total. The van der Waals surface area contributed by atoms with Crippen LogP contribution < -0.4 is 15.7 Å². The van der Waals surface area contributed by atoms with Crippen LogP contribution in [0.3, 0.4) is 0 Å². The highest BCUT2D eigenvalue weighted by atomic mass is 35.5. The summed E-state index contributed by atoms with van der Waals surface area (Å²) in [6.07, 6.45) is 0. The number of fused-ring (bicyclic) bond motifs is 1. The first kappa shape index (κ1) is 17.7. The highest BCUT2D eigenvalue weighted by Gasteiger charge is 2.14. The van der Waals surface area contributed by atoms with Crippen molar-refractivity contribution >= 4 is 34.4 Å². The van der Waals surface area contributed by atoms with Crippen LogP contribution in [-0.4, -0.2) is 18.4 Å². The number of hydrogen-bond acceptors (Lipinski definition) is 5. The third-order valence-electron chi connectivity index (χ3n) is 3.56. The first-order valence-electron chi connectivity index (χ1n) is 7.82. The van der Waals surface area contributed by atoms with Gasteiger partial charge < -0.3 is 14.5 Å². The predicted molar refractivity (Wildman–Crippen MR) is 96.9 cm³/mol. The largest absolute Gasteiger partial charge is 0.423 e. The molecule has 0 unspecified atom stereocenters. The second kappa shape index (κ2) is 7.41.